The highest BCUT2D eigenvalue weighted by Crippen LogP contribution is 2.58. The summed E-state index contributed by atoms with van der Waals surface area (Å²) in [6, 6.07) is 0. The molecule has 0 spiro atoms. The van der Waals surface area contributed by atoms with Gasteiger partial charge in [-0.1, -0.05) is 40.1 Å². The Bertz CT molecular complexity index is 115. The van der Waals surface area contributed by atoms with Gasteiger partial charge in [0.25, 0.3) is 0 Å². The monoisotopic (exact) mass is 164 g/mol. The van der Waals surface area contributed by atoms with Gasteiger partial charge in [-0.05, 0) is 11.3 Å². The summed E-state index contributed by atoms with van der Waals surface area (Å²) in [6.07, 6.45) is 3.00. The van der Waals surface area contributed by atoms with E-state index in [1.807, 2.05) is 0 Å². The van der Waals surface area contributed by atoms with Crippen molar-refractivity contribution in [2.24, 2.45) is 0 Å². The van der Waals surface area contributed by atoms with E-state index in [0.717, 1.165) is 0 Å². The van der Waals surface area contributed by atoms with E-state index in [2.05, 4.69) is 46.2 Å². The molecule has 0 saturated heterocycles. The molecule has 0 aliphatic carbocycles. The van der Waals surface area contributed by atoms with Crippen molar-refractivity contribution in [1.29, 1.82) is 0 Å². The zero-order valence-corrected chi connectivity index (χ0v) is 8.55. The summed E-state index contributed by atoms with van der Waals surface area (Å²) in [5.74, 6) is 0. The molecule has 0 radical (unpaired) electrons. The van der Waals surface area contributed by atoms with Crippen molar-refractivity contribution in [3.05, 3.63) is 0 Å². The lowest BCUT2D eigenvalue weighted by Crippen LogP contribution is -2.02. The van der Waals surface area contributed by atoms with Crippen LogP contribution in [0.2, 0.25) is 0 Å². The molecule has 0 saturated carbocycles. The van der Waals surface area contributed by atoms with E-state index in [4.69, 9.17) is 0 Å². The van der Waals surface area contributed by atoms with Gasteiger partial charge in [0.15, 0.2) is 0 Å². The van der Waals surface area contributed by atoms with Gasteiger partial charge in [-0.2, -0.15) is 12.2 Å². The predicted octanol–water partition coefficient (Wildman–Crippen LogP) is 3.10. The average Bonchev–Trinajstić information content (AvgIpc) is 1.65. The minimum atomic E-state index is -1.14. The Morgan fingerprint density at radius 3 is 1.33 bits per heavy atom. The van der Waals surface area contributed by atoms with Gasteiger partial charge >= 0.3 is 0 Å². The summed E-state index contributed by atoms with van der Waals surface area (Å²) in [5.41, 5.74) is 1.31. The highest BCUT2D eigenvalue weighted by Gasteiger charge is 2.16. The fraction of sp³-hybridized carbons (Fsp3) is 0.857. The van der Waals surface area contributed by atoms with Crippen molar-refractivity contribution in [3.8, 4) is 0 Å². The molecule has 0 N–H and O–H groups in total. The molecular formula is C7H17PS. The van der Waals surface area contributed by atoms with E-state index < -0.39 is 6.09 Å². The Hall–Kier alpha value is 0.650. The summed E-state index contributed by atoms with van der Waals surface area (Å²) in [7, 11) is 0. The van der Waals surface area contributed by atoms with E-state index >= 15 is 0 Å². The number of hydrogen-bond acceptors (Lipinski definition) is 1. The van der Waals surface area contributed by atoms with Gasteiger partial charge in [-0.3, -0.25) is 0 Å². The molecule has 0 amide bonds. The smallest absolute Gasteiger partial charge is 0.0187 e. The third-order valence-electron chi connectivity index (χ3n) is 1.79. The standard InChI is InChI=1S/C7H17PS/c1-6(2)8(5,9)7(3)4/h6-7,9H,5H2,1-4H3. The predicted molar refractivity (Wildman–Crippen MR) is 53.3 cm³/mol. The second-order valence-electron chi connectivity index (χ2n) is 3.07. The third-order valence-corrected chi connectivity index (χ3v) is 8.14. The van der Waals surface area contributed by atoms with E-state index in [0.29, 0.717) is 11.3 Å². The molecule has 2 heteroatoms. The summed E-state index contributed by atoms with van der Waals surface area (Å²) >= 11 is 4.58. The van der Waals surface area contributed by atoms with Gasteiger partial charge in [-0.25, -0.2) is 0 Å². The molecule has 0 rings (SSSR count). The lowest BCUT2D eigenvalue weighted by atomic mass is 10.5. The molecule has 0 fully saturated rings. The van der Waals surface area contributed by atoms with Gasteiger partial charge in [0.1, 0.15) is 0 Å². The molecule has 0 atom stereocenters. The molecule has 0 aromatic carbocycles. The summed E-state index contributed by atoms with van der Waals surface area (Å²) in [5, 5.41) is 0. The largest absolute Gasteiger partial charge is 0.152 e. The van der Waals surface area contributed by atoms with Crippen LogP contribution in [0.3, 0.4) is 0 Å². The fourth-order valence-corrected chi connectivity index (χ4v) is 1.79. The van der Waals surface area contributed by atoms with Crippen molar-refractivity contribution in [3.63, 3.8) is 0 Å². The third kappa shape index (κ3) is 2.39. The minimum absolute atomic E-state index is 0.654. The quantitative estimate of drug-likeness (QED) is 0.470. The van der Waals surface area contributed by atoms with Gasteiger partial charge in [-0.15, -0.1) is 0 Å². The van der Waals surface area contributed by atoms with E-state index in [-0.39, 0.29) is 0 Å². The number of thiol groups is 1. The first-order valence-electron chi connectivity index (χ1n) is 3.34. The molecule has 0 unspecified atom stereocenters. The van der Waals surface area contributed by atoms with Crippen molar-refractivity contribution >= 4 is 24.6 Å². The van der Waals surface area contributed by atoms with Crippen LogP contribution in [-0.4, -0.2) is 17.6 Å². The molecule has 0 aliphatic heterocycles. The summed E-state index contributed by atoms with van der Waals surface area (Å²) in [4.78, 5) is 0. The first-order valence-corrected chi connectivity index (χ1v) is 6.61. The average molecular weight is 164 g/mol. The van der Waals surface area contributed by atoms with E-state index in [9.17, 15) is 0 Å². The zero-order chi connectivity index (χ0) is 7.65. The van der Waals surface area contributed by atoms with Crippen LogP contribution in [0.25, 0.3) is 0 Å². The van der Waals surface area contributed by atoms with Crippen LogP contribution in [0.4, 0.5) is 0 Å². The van der Waals surface area contributed by atoms with Crippen LogP contribution >= 0.6 is 18.3 Å². The maximum absolute atomic E-state index is 4.58. The Morgan fingerprint density at radius 2 is 1.33 bits per heavy atom. The Balaban J connectivity index is 4.21. The van der Waals surface area contributed by atoms with Crippen molar-refractivity contribution in [1.82, 2.24) is 0 Å². The molecule has 56 valence electrons. The Labute approximate surface area is 64.2 Å². The van der Waals surface area contributed by atoms with Crippen LogP contribution in [0.1, 0.15) is 27.7 Å². The zero-order valence-electron chi connectivity index (χ0n) is 6.76. The van der Waals surface area contributed by atoms with Crippen LogP contribution in [0, 0.1) is 0 Å². The molecule has 0 nitrogen and oxygen atoms in total. The summed E-state index contributed by atoms with van der Waals surface area (Å²) < 4.78 is 0. The van der Waals surface area contributed by atoms with Gasteiger partial charge in [0, 0.05) is 0 Å². The van der Waals surface area contributed by atoms with Crippen molar-refractivity contribution < 1.29 is 0 Å². The highest BCUT2D eigenvalue weighted by atomic mass is 32.7. The molecule has 0 bridgehead atoms. The van der Waals surface area contributed by atoms with Crippen LogP contribution in [0.5, 0.6) is 0 Å². The summed E-state index contributed by atoms with van der Waals surface area (Å²) in [6.45, 7) is 8.81. The van der Waals surface area contributed by atoms with Crippen LogP contribution in [-0.2, 0) is 0 Å². The highest BCUT2D eigenvalue weighted by molar-refractivity contribution is 8.51. The van der Waals surface area contributed by atoms with Crippen molar-refractivity contribution in [2.75, 3.05) is 0 Å². The first-order chi connectivity index (χ1) is 3.89. The first kappa shape index (κ1) is 9.65. The lowest BCUT2D eigenvalue weighted by molar-refractivity contribution is 1.02. The van der Waals surface area contributed by atoms with Gasteiger partial charge in [0.2, 0.25) is 0 Å². The lowest BCUT2D eigenvalue weighted by Gasteiger charge is -2.26. The second-order valence-corrected chi connectivity index (χ2v) is 9.15. The Morgan fingerprint density at radius 1 is 1.11 bits per heavy atom. The maximum Gasteiger partial charge on any atom is -0.0187 e. The molecule has 0 aliphatic rings. The van der Waals surface area contributed by atoms with Gasteiger partial charge in [0.05, 0.1) is 0 Å². The molecule has 0 aromatic heterocycles. The van der Waals surface area contributed by atoms with Gasteiger partial charge < -0.3 is 0 Å². The van der Waals surface area contributed by atoms with Crippen molar-refractivity contribution in [2.45, 2.75) is 39.0 Å². The second kappa shape index (κ2) is 3.16. The SMILES string of the molecule is C=P(S)(C(C)C)C(C)C. The fourth-order valence-electron chi connectivity index (χ4n) is 0.596. The molecule has 0 heterocycles. The van der Waals surface area contributed by atoms with Crippen LogP contribution in [0.15, 0.2) is 0 Å². The molecule has 0 aromatic rings. The van der Waals surface area contributed by atoms with E-state index in [1.54, 1.807) is 0 Å². The Kier molecular flexibility index (Phi) is 3.39. The number of rotatable bonds is 2. The normalized spacial score (nSPS) is 13.2. The topological polar surface area (TPSA) is 0 Å². The molecular weight excluding hydrogens is 147 g/mol. The van der Waals surface area contributed by atoms with Crippen LogP contribution < -0.4 is 0 Å². The minimum Gasteiger partial charge on any atom is -0.152 e. The van der Waals surface area contributed by atoms with E-state index in [1.165, 1.54) is 0 Å². The molecule has 9 heavy (non-hydrogen) atoms. The number of hydrogen-bond donors (Lipinski definition) is 1. The maximum atomic E-state index is 4.58.